The summed E-state index contributed by atoms with van der Waals surface area (Å²) in [4.78, 5) is 12.1. The summed E-state index contributed by atoms with van der Waals surface area (Å²) >= 11 is 0. The topological polar surface area (TPSA) is 69.7 Å². The smallest absolute Gasteiger partial charge is 0.302 e. The number of quaternary nitrogens is 1. The van der Waals surface area contributed by atoms with Gasteiger partial charge < -0.3 is 9.47 Å². The largest absolute Gasteiger partial charge is 0.462 e. The Balaban J connectivity index is 4.31. The second-order valence-corrected chi connectivity index (χ2v) is 11.7. The molecule has 0 N–H and O–H groups in total. The van der Waals surface area contributed by atoms with Gasteiger partial charge in [0.2, 0.25) is 4.99 Å². The fourth-order valence-electron chi connectivity index (χ4n) is 4.46. The van der Waals surface area contributed by atoms with Crippen molar-refractivity contribution in [2.24, 2.45) is 0 Å². The van der Waals surface area contributed by atoms with E-state index in [4.69, 9.17) is 9.47 Å². The van der Waals surface area contributed by atoms with E-state index >= 15 is 0 Å². The van der Waals surface area contributed by atoms with Gasteiger partial charge in [-0.25, -0.2) is 0 Å². The van der Waals surface area contributed by atoms with E-state index in [1.54, 1.807) is 0 Å². The van der Waals surface area contributed by atoms with Crippen molar-refractivity contribution in [3.05, 3.63) is 0 Å². The Morgan fingerprint density at radius 1 is 0.714 bits per heavy atom. The normalized spacial score (nSPS) is 13.4. The number of nitrogens with zero attached hydrogens (tertiary/aromatic N) is 1. The molecule has 208 valence electrons. The lowest BCUT2D eigenvalue weighted by atomic mass is 10.0. The van der Waals surface area contributed by atoms with Crippen LogP contribution in [0, 0.1) is 0 Å². The Labute approximate surface area is 218 Å². The first-order chi connectivity index (χ1) is 16.6. The second kappa shape index (κ2) is 21.2. The van der Waals surface area contributed by atoms with Gasteiger partial charge in [-0.2, -0.15) is 8.42 Å². The molecule has 0 saturated carbocycles. The zero-order valence-electron chi connectivity index (χ0n) is 23.8. The number of rotatable bonds is 22. The van der Waals surface area contributed by atoms with Crippen molar-refractivity contribution in [2.45, 2.75) is 142 Å². The minimum atomic E-state index is -2.20. The highest BCUT2D eigenvalue weighted by atomic mass is 32.2. The van der Waals surface area contributed by atoms with Gasteiger partial charge in [0, 0.05) is 19.8 Å². The number of ether oxygens (including phenoxy) is 2. The van der Waals surface area contributed by atoms with Crippen molar-refractivity contribution in [1.82, 2.24) is 0 Å². The van der Waals surface area contributed by atoms with E-state index in [2.05, 4.69) is 13.8 Å². The van der Waals surface area contributed by atoms with Gasteiger partial charge in [-0.15, -0.1) is 0 Å². The summed E-state index contributed by atoms with van der Waals surface area (Å²) in [7, 11) is 3.43. The first kappa shape index (κ1) is 34.1. The van der Waals surface area contributed by atoms with Gasteiger partial charge in [-0.1, -0.05) is 84.5 Å². The van der Waals surface area contributed by atoms with Crippen LogP contribution in [0.5, 0.6) is 0 Å². The van der Waals surface area contributed by atoms with E-state index in [1.807, 2.05) is 21.1 Å². The maximum atomic E-state index is 11.6. The molecule has 2 unspecified atom stereocenters. The highest BCUT2D eigenvalue weighted by Crippen LogP contribution is 2.17. The summed E-state index contributed by atoms with van der Waals surface area (Å²) in [5, 5.41) is 0. The lowest BCUT2D eigenvalue weighted by molar-refractivity contribution is -0.775. The van der Waals surface area contributed by atoms with Crippen LogP contribution in [0.25, 0.3) is 0 Å². The van der Waals surface area contributed by atoms with E-state index in [1.165, 1.54) is 71.1 Å². The van der Waals surface area contributed by atoms with Crippen molar-refractivity contribution in [2.75, 3.05) is 27.7 Å². The van der Waals surface area contributed by atoms with Crippen LogP contribution in [0.2, 0.25) is 0 Å². The molecule has 0 aliphatic heterocycles. The standard InChI is InChI=1S/C28H56NO5S/c1-7-9-10-11-12-13-14-15-16-17-18-20-27(34-25(3)30)23-24-33-26(19-8-2)21-22-28(35(31)32)29(4,5)6/h26-27H,7-24H2,1-6H3/q+1. The van der Waals surface area contributed by atoms with Gasteiger partial charge in [0.05, 0.1) is 33.9 Å². The molecule has 0 spiro atoms. The maximum Gasteiger partial charge on any atom is 0.302 e. The molecule has 0 aromatic carbocycles. The zero-order valence-corrected chi connectivity index (χ0v) is 24.6. The molecule has 0 radical (unpaired) electrons. The molecule has 0 fully saturated rings. The average molecular weight is 519 g/mol. The SMILES string of the molecule is CCCCCCCCCCCCCC(CCOC(CCC)CCC(=S(=O)=O)[N+](C)(C)C)OC(C)=O. The molecule has 2 atom stereocenters. The third-order valence-corrected chi connectivity index (χ3v) is 7.62. The molecule has 0 aromatic heterocycles. The highest BCUT2D eigenvalue weighted by molar-refractivity contribution is 7.72. The van der Waals surface area contributed by atoms with Crippen molar-refractivity contribution in [1.29, 1.82) is 0 Å². The maximum absolute atomic E-state index is 11.6. The summed E-state index contributed by atoms with van der Waals surface area (Å²) in [5.41, 5.74) is 0. The van der Waals surface area contributed by atoms with Crippen molar-refractivity contribution in [3.8, 4) is 0 Å². The molecule has 0 saturated heterocycles. The summed E-state index contributed by atoms with van der Waals surface area (Å²) in [6.07, 6.45) is 18.9. The van der Waals surface area contributed by atoms with Gasteiger partial charge in [0.1, 0.15) is 6.10 Å². The molecule has 0 aliphatic carbocycles. The number of esters is 1. The number of unbranched alkanes of at least 4 members (excludes halogenated alkanes) is 10. The van der Waals surface area contributed by atoms with Crippen LogP contribution in [-0.4, -0.2) is 63.8 Å². The predicted molar refractivity (Wildman–Crippen MR) is 147 cm³/mol. The first-order valence-electron chi connectivity index (χ1n) is 14.2. The third-order valence-electron chi connectivity index (χ3n) is 6.49. The van der Waals surface area contributed by atoms with E-state index < -0.39 is 10.3 Å². The molecule has 0 bridgehead atoms. The minimum Gasteiger partial charge on any atom is -0.462 e. The Morgan fingerprint density at radius 3 is 1.71 bits per heavy atom. The van der Waals surface area contributed by atoms with Gasteiger partial charge in [-0.3, -0.25) is 9.28 Å². The number of hydrogen-bond donors (Lipinski definition) is 0. The Morgan fingerprint density at radius 2 is 1.26 bits per heavy atom. The van der Waals surface area contributed by atoms with Crippen molar-refractivity contribution in [3.63, 3.8) is 0 Å². The molecule has 0 aliphatic rings. The van der Waals surface area contributed by atoms with E-state index in [0.717, 1.165) is 25.7 Å². The van der Waals surface area contributed by atoms with E-state index in [9.17, 15) is 13.2 Å². The quantitative estimate of drug-likeness (QED) is 0.0691. The summed E-state index contributed by atoms with van der Waals surface area (Å²) in [6, 6.07) is 0. The highest BCUT2D eigenvalue weighted by Gasteiger charge is 2.22. The minimum absolute atomic E-state index is 0.0186. The van der Waals surface area contributed by atoms with Crippen LogP contribution < -0.4 is 0 Å². The van der Waals surface area contributed by atoms with Crippen molar-refractivity contribution >= 4 is 21.3 Å². The van der Waals surface area contributed by atoms with Gasteiger partial charge >= 0.3 is 5.97 Å². The Hall–Kier alpha value is -0.920. The number of hydrogen-bond acceptors (Lipinski definition) is 5. The molecule has 0 amide bonds. The Kier molecular flexibility index (Phi) is 20.6. The average Bonchev–Trinajstić information content (AvgIpc) is 2.75. The van der Waals surface area contributed by atoms with Crippen LogP contribution in [0.3, 0.4) is 0 Å². The van der Waals surface area contributed by atoms with E-state index in [-0.39, 0.29) is 18.2 Å². The monoisotopic (exact) mass is 518 g/mol. The predicted octanol–water partition coefficient (Wildman–Crippen LogP) is 6.69. The third kappa shape index (κ3) is 19.9. The molecule has 0 heterocycles. The first-order valence-corrected chi connectivity index (χ1v) is 15.2. The lowest BCUT2D eigenvalue weighted by Gasteiger charge is -2.25. The fraction of sp³-hybridized carbons (Fsp3) is 0.929. The van der Waals surface area contributed by atoms with Gasteiger partial charge in [0.25, 0.3) is 10.3 Å². The molecule has 0 aromatic rings. The second-order valence-electron chi connectivity index (χ2n) is 10.8. The van der Waals surface area contributed by atoms with Crippen molar-refractivity contribution < 1.29 is 27.2 Å². The van der Waals surface area contributed by atoms with Crippen LogP contribution in [0.4, 0.5) is 0 Å². The molecular formula is C28H56NO5S+. The van der Waals surface area contributed by atoms with E-state index in [0.29, 0.717) is 35.3 Å². The van der Waals surface area contributed by atoms with Gasteiger partial charge in [-0.05, 0) is 25.7 Å². The molecule has 7 heteroatoms. The van der Waals surface area contributed by atoms with Crippen LogP contribution in [-0.2, 0) is 24.6 Å². The molecule has 0 rings (SSSR count). The lowest BCUT2D eigenvalue weighted by Crippen LogP contribution is -2.42. The molecule has 35 heavy (non-hydrogen) atoms. The summed E-state index contributed by atoms with van der Waals surface area (Å²) in [5.74, 6) is -0.233. The number of carbonyl (C=O) groups excluding carboxylic acids is 1. The van der Waals surface area contributed by atoms with Crippen LogP contribution in [0.15, 0.2) is 0 Å². The molecular weight excluding hydrogens is 462 g/mol. The molecule has 6 nitrogen and oxygen atoms in total. The summed E-state index contributed by atoms with van der Waals surface area (Å²) in [6.45, 7) is 6.37. The van der Waals surface area contributed by atoms with Crippen LogP contribution in [0.1, 0.15) is 130 Å². The Bertz CT molecular complexity index is 661. The van der Waals surface area contributed by atoms with Gasteiger partial charge in [0.15, 0.2) is 0 Å². The van der Waals surface area contributed by atoms with Crippen LogP contribution >= 0.6 is 0 Å². The zero-order chi connectivity index (χ0) is 26.5. The fourth-order valence-corrected chi connectivity index (χ4v) is 5.19. The summed E-state index contributed by atoms with van der Waals surface area (Å²) < 4.78 is 35.2. The number of carbonyl (C=O) groups is 1.